The average Bonchev–Trinajstić information content (AvgIpc) is 2.46. The lowest BCUT2D eigenvalue weighted by Gasteiger charge is -1.95. The van der Waals surface area contributed by atoms with E-state index in [1.54, 1.807) is 37.3 Å². The predicted molar refractivity (Wildman–Crippen MR) is 90.2 cm³/mol. The van der Waals surface area contributed by atoms with E-state index in [4.69, 9.17) is 0 Å². The lowest BCUT2D eigenvalue weighted by molar-refractivity contribution is -0.111. The van der Waals surface area contributed by atoms with E-state index in [9.17, 15) is 9.59 Å². The Balaban J connectivity index is 3.73. The molecule has 0 bridgehead atoms. The Kier molecular flexibility index (Phi) is 13.5. The number of allylic oxidation sites excluding steroid dienone is 8. The molecule has 0 saturated heterocycles. The molecule has 0 aliphatic heterocycles. The van der Waals surface area contributed by atoms with Crippen molar-refractivity contribution in [2.45, 2.75) is 58.8 Å². The van der Waals surface area contributed by atoms with Gasteiger partial charge in [0.05, 0.1) is 0 Å². The highest BCUT2D eigenvalue weighted by Crippen LogP contribution is 2.05. The van der Waals surface area contributed by atoms with E-state index >= 15 is 0 Å². The molecule has 0 unspecified atom stereocenters. The number of carbonyl (C=O) groups excluding carboxylic acids is 2. The molecule has 0 spiro atoms. The minimum absolute atomic E-state index is 0.0109. The molecule has 0 radical (unpaired) electrons. The number of ketones is 2. The Morgan fingerprint density at radius 1 is 0.762 bits per heavy atom. The fraction of sp³-hybridized carbons (Fsp3) is 0.474. The maximum absolute atomic E-state index is 11.5. The summed E-state index contributed by atoms with van der Waals surface area (Å²) in [6.07, 6.45) is 21.2. The van der Waals surface area contributed by atoms with Crippen molar-refractivity contribution in [1.29, 1.82) is 0 Å². The number of hydrogen-bond acceptors (Lipinski definition) is 2. The highest BCUT2D eigenvalue weighted by atomic mass is 16.1. The third-order valence-corrected chi connectivity index (χ3v) is 2.92. The second kappa shape index (κ2) is 14.7. The molecule has 0 aliphatic carbocycles. The molecule has 0 amide bonds. The first kappa shape index (κ1) is 19.3. The zero-order valence-electron chi connectivity index (χ0n) is 13.4. The summed E-state index contributed by atoms with van der Waals surface area (Å²) in [4.78, 5) is 22.6. The monoisotopic (exact) mass is 288 g/mol. The number of carbonyl (C=O) groups is 2. The Hall–Kier alpha value is -1.70. The van der Waals surface area contributed by atoms with Crippen molar-refractivity contribution in [2.24, 2.45) is 0 Å². The van der Waals surface area contributed by atoms with E-state index in [-0.39, 0.29) is 11.6 Å². The van der Waals surface area contributed by atoms with Crippen LogP contribution in [0, 0.1) is 0 Å². The molecule has 0 saturated carbocycles. The van der Waals surface area contributed by atoms with Crippen molar-refractivity contribution in [2.75, 3.05) is 0 Å². The van der Waals surface area contributed by atoms with Crippen LogP contribution in [0.1, 0.15) is 58.8 Å². The SMILES string of the molecule is CC=CC(=O)C=CCC=CC(=O)C=CCCCCCCC. The molecule has 0 heterocycles. The van der Waals surface area contributed by atoms with Crippen LogP contribution in [0.25, 0.3) is 0 Å². The highest BCUT2D eigenvalue weighted by molar-refractivity contribution is 5.99. The Morgan fingerprint density at radius 2 is 1.33 bits per heavy atom. The van der Waals surface area contributed by atoms with Crippen molar-refractivity contribution in [3.63, 3.8) is 0 Å². The van der Waals surface area contributed by atoms with E-state index < -0.39 is 0 Å². The topological polar surface area (TPSA) is 34.1 Å². The van der Waals surface area contributed by atoms with Crippen LogP contribution in [0.5, 0.6) is 0 Å². The summed E-state index contributed by atoms with van der Waals surface area (Å²) in [6, 6.07) is 0. The van der Waals surface area contributed by atoms with E-state index in [0.717, 1.165) is 12.8 Å². The molecule has 21 heavy (non-hydrogen) atoms. The molecule has 116 valence electrons. The van der Waals surface area contributed by atoms with Gasteiger partial charge >= 0.3 is 0 Å². The van der Waals surface area contributed by atoms with Crippen molar-refractivity contribution in [1.82, 2.24) is 0 Å². The fourth-order valence-electron chi connectivity index (χ4n) is 1.79. The van der Waals surface area contributed by atoms with E-state index in [2.05, 4.69) is 6.92 Å². The average molecular weight is 288 g/mol. The first-order valence-electron chi connectivity index (χ1n) is 7.91. The Labute approximate surface area is 129 Å². The Bertz CT molecular complexity index is 398. The van der Waals surface area contributed by atoms with Crippen molar-refractivity contribution < 1.29 is 9.59 Å². The molecule has 0 N–H and O–H groups in total. The van der Waals surface area contributed by atoms with Crippen LogP contribution in [0.15, 0.2) is 48.6 Å². The van der Waals surface area contributed by atoms with Gasteiger partial charge in [0.15, 0.2) is 11.6 Å². The zero-order chi connectivity index (χ0) is 15.8. The minimum Gasteiger partial charge on any atom is -0.290 e. The summed E-state index contributed by atoms with van der Waals surface area (Å²) in [5, 5.41) is 0. The molecular weight excluding hydrogens is 260 g/mol. The smallest absolute Gasteiger partial charge is 0.178 e. The predicted octanol–water partition coefficient (Wildman–Crippen LogP) is 5.12. The highest BCUT2D eigenvalue weighted by Gasteiger charge is 1.90. The fourth-order valence-corrected chi connectivity index (χ4v) is 1.79. The maximum atomic E-state index is 11.5. The summed E-state index contributed by atoms with van der Waals surface area (Å²) < 4.78 is 0. The molecule has 2 nitrogen and oxygen atoms in total. The van der Waals surface area contributed by atoms with Crippen molar-refractivity contribution in [3.05, 3.63) is 48.6 Å². The van der Waals surface area contributed by atoms with Gasteiger partial charge in [-0.05, 0) is 50.5 Å². The van der Waals surface area contributed by atoms with E-state index in [1.165, 1.54) is 37.8 Å². The van der Waals surface area contributed by atoms with Gasteiger partial charge in [0.2, 0.25) is 0 Å². The molecule has 0 aromatic heterocycles. The van der Waals surface area contributed by atoms with Crippen LogP contribution >= 0.6 is 0 Å². The van der Waals surface area contributed by atoms with Crippen LogP contribution in [-0.4, -0.2) is 11.6 Å². The first-order chi connectivity index (χ1) is 10.2. The third-order valence-electron chi connectivity index (χ3n) is 2.92. The Morgan fingerprint density at radius 3 is 1.95 bits per heavy atom. The summed E-state index contributed by atoms with van der Waals surface area (Å²) in [5.74, 6) is -0.0167. The molecule has 0 aliphatic rings. The molecule has 0 atom stereocenters. The largest absolute Gasteiger partial charge is 0.290 e. The molecule has 0 aromatic carbocycles. The minimum atomic E-state index is -0.0276. The maximum Gasteiger partial charge on any atom is 0.178 e. The van der Waals surface area contributed by atoms with Gasteiger partial charge in [-0.3, -0.25) is 9.59 Å². The normalized spacial score (nSPS) is 12.3. The van der Waals surface area contributed by atoms with Crippen LogP contribution in [-0.2, 0) is 9.59 Å². The van der Waals surface area contributed by atoms with Gasteiger partial charge in [-0.25, -0.2) is 0 Å². The second-order valence-electron chi connectivity index (χ2n) is 4.95. The van der Waals surface area contributed by atoms with E-state index in [0.29, 0.717) is 6.42 Å². The lowest BCUT2D eigenvalue weighted by Crippen LogP contribution is -1.85. The quantitative estimate of drug-likeness (QED) is 0.369. The van der Waals surface area contributed by atoms with E-state index in [1.807, 2.05) is 6.08 Å². The molecule has 2 heteroatoms. The second-order valence-corrected chi connectivity index (χ2v) is 4.95. The zero-order valence-corrected chi connectivity index (χ0v) is 13.4. The summed E-state index contributed by atoms with van der Waals surface area (Å²) in [6.45, 7) is 4.01. The van der Waals surface area contributed by atoms with Gasteiger partial charge < -0.3 is 0 Å². The third kappa shape index (κ3) is 14.5. The van der Waals surface area contributed by atoms with Crippen LogP contribution in [0.4, 0.5) is 0 Å². The van der Waals surface area contributed by atoms with Crippen LogP contribution in [0.3, 0.4) is 0 Å². The summed E-state index contributed by atoms with van der Waals surface area (Å²) in [7, 11) is 0. The van der Waals surface area contributed by atoms with Gasteiger partial charge in [-0.1, -0.05) is 56.9 Å². The number of hydrogen-bond donors (Lipinski definition) is 0. The van der Waals surface area contributed by atoms with Gasteiger partial charge in [0.25, 0.3) is 0 Å². The first-order valence-corrected chi connectivity index (χ1v) is 7.91. The molecule has 0 aromatic rings. The van der Waals surface area contributed by atoms with Crippen LogP contribution in [0.2, 0.25) is 0 Å². The number of unbranched alkanes of at least 4 members (excludes halogenated alkanes) is 5. The number of rotatable bonds is 12. The van der Waals surface area contributed by atoms with Crippen LogP contribution < -0.4 is 0 Å². The van der Waals surface area contributed by atoms with Gasteiger partial charge in [-0.15, -0.1) is 0 Å². The van der Waals surface area contributed by atoms with Gasteiger partial charge in [-0.2, -0.15) is 0 Å². The van der Waals surface area contributed by atoms with Crippen molar-refractivity contribution >= 4 is 11.6 Å². The molecule has 0 rings (SSSR count). The molecular formula is C19H28O2. The summed E-state index contributed by atoms with van der Waals surface area (Å²) >= 11 is 0. The van der Waals surface area contributed by atoms with Gasteiger partial charge in [0.1, 0.15) is 0 Å². The van der Waals surface area contributed by atoms with Gasteiger partial charge in [0, 0.05) is 0 Å². The molecule has 0 fully saturated rings. The lowest BCUT2D eigenvalue weighted by atomic mass is 10.1. The summed E-state index contributed by atoms with van der Waals surface area (Å²) in [5.41, 5.74) is 0. The standard InChI is InChI=1S/C19H28O2/c1-3-5-6-7-8-9-11-16-19(21)17-13-10-12-15-18(20)14-4-2/h4,11-17H,3,5-10H2,1-2H3. The van der Waals surface area contributed by atoms with Crippen molar-refractivity contribution in [3.8, 4) is 0 Å².